The zero-order chi connectivity index (χ0) is 32.8. The first-order chi connectivity index (χ1) is 22.9. The molecular formula is C38H49ClN4O4. The fourth-order valence-electron chi connectivity index (χ4n) is 8.40. The van der Waals surface area contributed by atoms with Crippen molar-refractivity contribution in [2.45, 2.75) is 89.1 Å². The Hall–Kier alpha value is -3.39. The van der Waals surface area contributed by atoms with E-state index in [2.05, 4.69) is 35.6 Å². The van der Waals surface area contributed by atoms with Gasteiger partial charge in [0.15, 0.2) is 0 Å². The van der Waals surface area contributed by atoms with E-state index in [1.165, 1.54) is 29.5 Å². The number of amides is 4. The Bertz CT molecular complexity index is 1440. The van der Waals surface area contributed by atoms with Crippen LogP contribution in [0.1, 0.15) is 98.5 Å². The first-order valence-electron chi connectivity index (χ1n) is 17.8. The van der Waals surface area contributed by atoms with Crippen LogP contribution in [0.3, 0.4) is 0 Å². The number of rotatable bonds is 5. The average molecular weight is 661 g/mol. The summed E-state index contributed by atoms with van der Waals surface area (Å²) in [4.78, 5) is 55.7. The van der Waals surface area contributed by atoms with E-state index in [1.54, 1.807) is 0 Å². The highest BCUT2D eigenvalue weighted by Crippen LogP contribution is 2.35. The number of halogens is 1. The molecular weight excluding hydrogens is 612 g/mol. The molecule has 1 N–H and O–H groups in total. The third-order valence-corrected chi connectivity index (χ3v) is 11.2. The number of piperazine rings is 1. The van der Waals surface area contributed by atoms with Crippen molar-refractivity contribution in [3.05, 3.63) is 70.8 Å². The predicted molar refractivity (Wildman–Crippen MR) is 183 cm³/mol. The highest BCUT2D eigenvalue weighted by molar-refractivity contribution is 6.27. The molecule has 5 aliphatic rings. The van der Waals surface area contributed by atoms with E-state index in [9.17, 15) is 19.2 Å². The number of nitrogens with zero attached hydrogens (tertiary/aromatic N) is 3. The van der Waals surface area contributed by atoms with E-state index in [4.69, 9.17) is 11.6 Å². The summed E-state index contributed by atoms with van der Waals surface area (Å²) in [5.74, 6) is 0.645. The van der Waals surface area contributed by atoms with Gasteiger partial charge in [0.05, 0.1) is 18.6 Å². The predicted octanol–water partition coefficient (Wildman–Crippen LogP) is 5.58. The molecule has 3 fully saturated rings. The van der Waals surface area contributed by atoms with Gasteiger partial charge in [-0.3, -0.25) is 19.2 Å². The van der Waals surface area contributed by atoms with Gasteiger partial charge in [0.1, 0.15) is 5.88 Å². The first kappa shape index (κ1) is 33.5. The van der Waals surface area contributed by atoms with Crippen LogP contribution in [0.25, 0.3) is 0 Å². The molecule has 4 amide bonds. The van der Waals surface area contributed by atoms with Crippen molar-refractivity contribution in [2.24, 2.45) is 11.8 Å². The second-order valence-corrected chi connectivity index (χ2v) is 14.1. The summed E-state index contributed by atoms with van der Waals surface area (Å²) < 4.78 is 0. The molecule has 2 saturated carbocycles. The normalized spacial score (nSPS) is 23.1. The Morgan fingerprint density at radius 1 is 0.766 bits per heavy atom. The van der Waals surface area contributed by atoms with Crippen LogP contribution in [0.5, 0.6) is 0 Å². The lowest BCUT2D eigenvalue weighted by atomic mass is 9.87. The van der Waals surface area contributed by atoms with Crippen molar-refractivity contribution >= 4 is 35.2 Å². The molecule has 0 radical (unpaired) electrons. The molecule has 0 aromatic heterocycles. The van der Waals surface area contributed by atoms with E-state index in [-0.39, 0.29) is 60.0 Å². The maximum atomic E-state index is 12.8. The van der Waals surface area contributed by atoms with Crippen molar-refractivity contribution in [1.82, 2.24) is 20.0 Å². The molecule has 3 aliphatic heterocycles. The third kappa shape index (κ3) is 7.69. The number of benzene rings is 2. The number of hydrogen-bond acceptors (Lipinski definition) is 4. The van der Waals surface area contributed by atoms with E-state index < -0.39 is 0 Å². The quantitative estimate of drug-likeness (QED) is 0.424. The number of nitrogens with one attached hydrogen (secondary N) is 1. The Labute approximate surface area is 284 Å². The zero-order valence-corrected chi connectivity index (χ0v) is 28.3. The van der Waals surface area contributed by atoms with Crippen LogP contribution in [-0.4, -0.2) is 76.9 Å². The highest BCUT2D eigenvalue weighted by Gasteiger charge is 2.40. The fourth-order valence-corrected chi connectivity index (χ4v) is 8.56. The summed E-state index contributed by atoms with van der Waals surface area (Å²) in [5.41, 5.74) is 4.95. The average Bonchev–Trinajstić information content (AvgIpc) is 3.13. The second kappa shape index (κ2) is 15.7. The fraction of sp³-hybridized carbons (Fsp3) is 0.579. The van der Waals surface area contributed by atoms with Crippen LogP contribution in [0.15, 0.2) is 48.5 Å². The minimum absolute atomic E-state index is 0.0186. The monoisotopic (exact) mass is 660 g/mol. The lowest BCUT2D eigenvalue weighted by Crippen LogP contribution is -2.56. The van der Waals surface area contributed by atoms with E-state index in [0.717, 1.165) is 76.3 Å². The van der Waals surface area contributed by atoms with Crippen LogP contribution in [0.4, 0.5) is 0 Å². The van der Waals surface area contributed by atoms with Crippen molar-refractivity contribution in [1.29, 1.82) is 0 Å². The number of carbonyl (C=O) groups is 4. The zero-order valence-electron chi connectivity index (χ0n) is 27.5. The van der Waals surface area contributed by atoms with Gasteiger partial charge in [-0.05, 0) is 60.8 Å². The largest absolute Gasteiger partial charge is 0.353 e. The number of carbonyl (C=O) groups excluding carboxylic acids is 4. The van der Waals surface area contributed by atoms with Gasteiger partial charge in [-0.1, -0.05) is 87.1 Å². The van der Waals surface area contributed by atoms with Crippen LogP contribution in [0, 0.1) is 11.8 Å². The van der Waals surface area contributed by atoms with Crippen molar-refractivity contribution < 1.29 is 19.2 Å². The van der Waals surface area contributed by atoms with Crippen LogP contribution >= 0.6 is 11.6 Å². The van der Waals surface area contributed by atoms with Gasteiger partial charge < -0.3 is 20.0 Å². The Kier molecular flexibility index (Phi) is 11.2. The molecule has 0 unspecified atom stereocenters. The standard InChI is InChI=1S/C19H25ClN2O2.C19H24N2O2/c20-12-18(23)22-11-10-14-6-4-5-9-16(14)17(22)13-21-19(24)15-7-2-1-3-8-15;22-18-13-20(19(23)15-7-2-1-3-8-15)12-17-16-9-5-4-6-14(16)10-11-21(17)18/h4-6,9,15,17H,1-3,7-8,10-13H2,(H,21,24);4-6,9,15,17H,1-3,7-8,10-13H2/t2*17-/m00/s1. The first-order valence-corrected chi connectivity index (χ1v) is 18.3. The molecule has 0 spiro atoms. The van der Waals surface area contributed by atoms with Crippen LogP contribution in [-0.2, 0) is 32.0 Å². The highest BCUT2D eigenvalue weighted by atomic mass is 35.5. The lowest BCUT2D eigenvalue weighted by molar-refractivity contribution is -0.152. The molecule has 252 valence electrons. The molecule has 2 aromatic carbocycles. The molecule has 47 heavy (non-hydrogen) atoms. The molecule has 8 nitrogen and oxygen atoms in total. The van der Waals surface area contributed by atoms with Gasteiger partial charge in [-0.2, -0.15) is 0 Å². The molecule has 9 heteroatoms. The molecule has 1 saturated heterocycles. The van der Waals surface area contributed by atoms with Gasteiger partial charge in [-0.15, -0.1) is 11.6 Å². The molecule has 2 atom stereocenters. The van der Waals surface area contributed by atoms with Crippen molar-refractivity contribution in [3.63, 3.8) is 0 Å². The summed E-state index contributed by atoms with van der Waals surface area (Å²) in [5, 5.41) is 3.10. The smallest absolute Gasteiger partial charge is 0.242 e. The van der Waals surface area contributed by atoms with Gasteiger partial charge in [0.2, 0.25) is 23.6 Å². The Morgan fingerprint density at radius 2 is 1.36 bits per heavy atom. The SMILES string of the molecule is O=C(C1CCCCC1)N1CC(=O)N2CCc3ccccc3[C@@H]2C1.O=C(NC[C@H]1c2ccccc2CCN1C(=O)CCl)C1CCCCC1. The van der Waals surface area contributed by atoms with Crippen LogP contribution in [0.2, 0.25) is 0 Å². The van der Waals surface area contributed by atoms with E-state index >= 15 is 0 Å². The second-order valence-electron chi connectivity index (χ2n) is 13.9. The maximum Gasteiger partial charge on any atom is 0.242 e. The molecule has 7 rings (SSSR count). The summed E-state index contributed by atoms with van der Waals surface area (Å²) in [6.45, 7) is 2.85. The van der Waals surface area contributed by atoms with Gasteiger partial charge in [0, 0.05) is 38.0 Å². The summed E-state index contributed by atoms with van der Waals surface area (Å²) in [6, 6.07) is 16.5. The minimum Gasteiger partial charge on any atom is -0.353 e. The Balaban J connectivity index is 0.000000164. The minimum atomic E-state index is -0.117. The lowest BCUT2D eigenvalue weighted by Gasteiger charge is -2.45. The molecule has 2 aromatic rings. The van der Waals surface area contributed by atoms with Gasteiger partial charge in [0.25, 0.3) is 0 Å². The third-order valence-electron chi connectivity index (χ3n) is 11.0. The number of fused-ring (bicyclic) bond motifs is 4. The Morgan fingerprint density at radius 3 is 2.04 bits per heavy atom. The topological polar surface area (TPSA) is 90.0 Å². The van der Waals surface area contributed by atoms with Crippen LogP contribution < -0.4 is 5.32 Å². The van der Waals surface area contributed by atoms with Gasteiger partial charge >= 0.3 is 0 Å². The summed E-state index contributed by atoms with van der Waals surface area (Å²) >= 11 is 5.78. The van der Waals surface area contributed by atoms with Crippen molar-refractivity contribution in [2.75, 3.05) is 38.6 Å². The van der Waals surface area contributed by atoms with Gasteiger partial charge in [-0.25, -0.2) is 0 Å². The molecule has 3 heterocycles. The van der Waals surface area contributed by atoms with E-state index in [1.807, 2.05) is 32.9 Å². The maximum absolute atomic E-state index is 12.8. The number of alkyl halides is 1. The molecule has 0 bridgehead atoms. The molecule has 2 aliphatic carbocycles. The van der Waals surface area contributed by atoms with Crippen molar-refractivity contribution in [3.8, 4) is 0 Å². The number of hydrogen-bond donors (Lipinski definition) is 1. The summed E-state index contributed by atoms with van der Waals surface area (Å²) in [6.07, 6.45) is 12.8. The van der Waals surface area contributed by atoms with E-state index in [0.29, 0.717) is 19.6 Å². The summed E-state index contributed by atoms with van der Waals surface area (Å²) in [7, 11) is 0.